The Morgan fingerprint density at radius 1 is 0.905 bits per heavy atom. The van der Waals surface area contributed by atoms with Crippen LogP contribution < -0.4 is 9.30 Å². The molecule has 0 spiro atoms. The lowest BCUT2D eigenvalue weighted by Gasteiger charge is -2.01. The highest BCUT2D eigenvalue weighted by atomic mass is 16.5. The van der Waals surface area contributed by atoms with E-state index in [1.165, 1.54) is 16.5 Å². The van der Waals surface area contributed by atoms with Crippen molar-refractivity contribution in [2.24, 2.45) is 7.05 Å². The molecule has 0 N–H and O–H groups in total. The van der Waals surface area contributed by atoms with Crippen molar-refractivity contribution in [3.8, 4) is 5.75 Å². The highest BCUT2D eigenvalue weighted by Gasteiger charge is 2.06. The molecule has 0 aliphatic heterocycles. The van der Waals surface area contributed by atoms with Crippen LogP contribution in [-0.4, -0.2) is 7.11 Å². The van der Waals surface area contributed by atoms with Crippen molar-refractivity contribution in [3.05, 3.63) is 71.9 Å². The van der Waals surface area contributed by atoms with E-state index in [0.717, 1.165) is 11.3 Å². The molecule has 104 valence electrons. The van der Waals surface area contributed by atoms with Crippen molar-refractivity contribution in [2.75, 3.05) is 7.11 Å². The SMILES string of the molecule is COc1ccc(/C=C\c2cc[n+](C)c3ccccc23)cc1. The third kappa shape index (κ3) is 2.79. The van der Waals surface area contributed by atoms with E-state index in [1.807, 2.05) is 12.1 Å². The second kappa shape index (κ2) is 5.80. The Morgan fingerprint density at radius 2 is 1.67 bits per heavy atom. The van der Waals surface area contributed by atoms with E-state index in [9.17, 15) is 0 Å². The molecule has 0 unspecified atom stereocenters. The van der Waals surface area contributed by atoms with Gasteiger partial charge in [-0.1, -0.05) is 36.4 Å². The average Bonchev–Trinajstić information content (AvgIpc) is 2.55. The first kappa shape index (κ1) is 13.4. The Labute approximate surface area is 124 Å². The summed E-state index contributed by atoms with van der Waals surface area (Å²) in [6.07, 6.45) is 6.38. The first-order valence-electron chi connectivity index (χ1n) is 6.97. The van der Waals surface area contributed by atoms with E-state index in [4.69, 9.17) is 4.74 Å². The number of pyridine rings is 1. The second-order valence-electron chi connectivity index (χ2n) is 5.01. The zero-order valence-electron chi connectivity index (χ0n) is 12.3. The molecular formula is C19H18NO+. The van der Waals surface area contributed by atoms with Crippen molar-refractivity contribution in [2.45, 2.75) is 0 Å². The number of aryl methyl sites for hydroxylation is 1. The molecule has 2 aromatic carbocycles. The average molecular weight is 276 g/mol. The minimum absolute atomic E-state index is 0.879. The molecule has 21 heavy (non-hydrogen) atoms. The predicted molar refractivity (Wildman–Crippen MR) is 87.0 cm³/mol. The van der Waals surface area contributed by atoms with Crippen LogP contribution in [0.5, 0.6) is 5.75 Å². The molecule has 2 heteroatoms. The first-order chi connectivity index (χ1) is 10.3. The standard InChI is InChI=1S/C19H18NO/c1-20-14-13-16(18-5-3-4-6-19(18)20)10-7-15-8-11-17(21-2)12-9-15/h3-14H,1-2H3/q+1/b10-7-. The number of hydrogen-bond donors (Lipinski definition) is 0. The number of hydrogen-bond acceptors (Lipinski definition) is 1. The van der Waals surface area contributed by atoms with Gasteiger partial charge in [0.15, 0.2) is 6.20 Å². The van der Waals surface area contributed by atoms with Crippen molar-refractivity contribution in [1.29, 1.82) is 0 Å². The van der Waals surface area contributed by atoms with E-state index < -0.39 is 0 Å². The normalized spacial score (nSPS) is 11.1. The lowest BCUT2D eigenvalue weighted by Crippen LogP contribution is -2.28. The minimum Gasteiger partial charge on any atom is -0.497 e. The quantitative estimate of drug-likeness (QED) is 0.662. The number of nitrogens with zero attached hydrogens (tertiary/aromatic N) is 1. The van der Waals surface area contributed by atoms with E-state index in [2.05, 4.69) is 72.4 Å². The van der Waals surface area contributed by atoms with Crippen LogP contribution in [0.3, 0.4) is 0 Å². The zero-order valence-corrected chi connectivity index (χ0v) is 12.3. The number of ether oxygens (including phenoxy) is 1. The van der Waals surface area contributed by atoms with Gasteiger partial charge in [-0.05, 0) is 29.3 Å². The van der Waals surface area contributed by atoms with E-state index >= 15 is 0 Å². The summed E-state index contributed by atoms with van der Waals surface area (Å²) < 4.78 is 7.31. The molecule has 1 heterocycles. The Morgan fingerprint density at radius 3 is 2.43 bits per heavy atom. The first-order valence-corrected chi connectivity index (χ1v) is 6.97. The maximum Gasteiger partial charge on any atom is 0.212 e. The molecule has 0 saturated heterocycles. The molecule has 0 atom stereocenters. The second-order valence-corrected chi connectivity index (χ2v) is 5.01. The van der Waals surface area contributed by atoms with Crippen LogP contribution in [0.4, 0.5) is 0 Å². The van der Waals surface area contributed by atoms with Gasteiger partial charge < -0.3 is 4.74 Å². The molecule has 1 aromatic heterocycles. The van der Waals surface area contributed by atoms with Gasteiger partial charge in [0, 0.05) is 12.1 Å². The van der Waals surface area contributed by atoms with Gasteiger partial charge in [-0.3, -0.25) is 0 Å². The molecule has 2 nitrogen and oxygen atoms in total. The van der Waals surface area contributed by atoms with Gasteiger partial charge in [-0.15, -0.1) is 0 Å². The number of benzene rings is 2. The van der Waals surface area contributed by atoms with Gasteiger partial charge in [0.05, 0.1) is 12.5 Å². The third-order valence-electron chi connectivity index (χ3n) is 3.64. The number of para-hydroxylation sites is 1. The van der Waals surface area contributed by atoms with E-state index in [-0.39, 0.29) is 0 Å². The summed E-state index contributed by atoms with van der Waals surface area (Å²) in [5.41, 5.74) is 3.61. The molecule has 0 amide bonds. The number of rotatable bonds is 3. The minimum atomic E-state index is 0.879. The largest absolute Gasteiger partial charge is 0.497 e. The lowest BCUT2D eigenvalue weighted by molar-refractivity contribution is -0.644. The smallest absolute Gasteiger partial charge is 0.212 e. The molecular weight excluding hydrogens is 258 g/mol. The molecule has 0 saturated carbocycles. The van der Waals surface area contributed by atoms with Crippen LogP contribution in [0.25, 0.3) is 23.1 Å². The third-order valence-corrected chi connectivity index (χ3v) is 3.64. The molecule has 0 bridgehead atoms. The number of fused-ring (bicyclic) bond motifs is 1. The summed E-state index contributed by atoms with van der Waals surface area (Å²) in [7, 11) is 3.75. The summed E-state index contributed by atoms with van der Waals surface area (Å²) in [6.45, 7) is 0. The van der Waals surface area contributed by atoms with Crippen LogP contribution >= 0.6 is 0 Å². The summed E-state index contributed by atoms with van der Waals surface area (Å²) in [6, 6.07) is 18.6. The highest BCUT2D eigenvalue weighted by molar-refractivity contribution is 5.88. The van der Waals surface area contributed by atoms with Gasteiger partial charge in [-0.25, -0.2) is 4.57 Å². The Hall–Kier alpha value is -2.61. The molecule has 0 aliphatic carbocycles. The van der Waals surface area contributed by atoms with Crippen LogP contribution in [0.1, 0.15) is 11.1 Å². The van der Waals surface area contributed by atoms with Gasteiger partial charge in [0.2, 0.25) is 5.52 Å². The van der Waals surface area contributed by atoms with Crippen LogP contribution in [0.2, 0.25) is 0 Å². The maximum atomic E-state index is 5.18. The Bertz CT molecular complexity index is 788. The molecule has 3 aromatic rings. The molecule has 0 fully saturated rings. The number of aromatic nitrogens is 1. The fraction of sp³-hybridized carbons (Fsp3) is 0.105. The molecule has 0 radical (unpaired) electrons. The van der Waals surface area contributed by atoms with Crippen molar-refractivity contribution >= 4 is 23.1 Å². The van der Waals surface area contributed by atoms with Gasteiger partial charge in [0.1, 0.15) is 12.8 Å². The summed E-state index contributed by atoms with van der Waals surface area (Å²) in [4.78, 5) is 0. The highest BCUT2D eigenvalue weighted by Crippen LogP contribution is 2.18. The van der Waals surface area contributed by atoms with Gasteiger partial charge in [-0.2, -0.15) is 0 Å². The lowest BCUT2D eigenvalue weighted by atomic mass is 10.1. The Balaban J connectivity index is 1.97. The molecule has 3 rings (SSSR count). The van der Waals surface area contributed by atoms with Crippen LogP contribution in [0.15, 0.2) is 60.8 Å². The summed E-state index contributed by atoms with van der Waals surface area (Å²) in [5, 5.41) is 1.26. The monoisotopic (exact) mass is 276 g/mol. The molecule has 0 aliphatic rings. The summed E-state index contributed by atoms with van der Waals surface area (Å²) >= 11 is 0. The van der Waals surface area contributed by atoms with E-state index in [0.29, 0.717) is 0 Å². The summed E-state index contributed by atoms with van der Waals surface area (Å²) in [5.74, 6) is 0.879. The van der Waals surface area contributed by atoms with Crippen molar-refractivity contribution < 1.29 is 9.30 Å². The number of methoxy groups -OCH3 is 1. The topological polar surface area (TPSA) is 13.1 Å². The zero-order chi connectivity index (χ0) is 14.7. The van der Waals surface area contributed by atoms with Gasteiger partial charge >= 0.3 is 0 Å². The van der Waals surface area contributed by atoms with E-state index in [1.54, 1.807) is 7.11 Å². The Kier molecular flexibility index (Phi) is 3.69. The maximum absolute atomic E-state index is 5.18. The fourth-order valence-corrected chi connectivity index (χ4v) is 2.43. The fourth-order valence-electron chi connectivity index (χ4n) is 2.43. The van der Waals surface area contributed by atoms with Gasteiger partial charge in [0.25, 0.3) is 0 Å². The van der Waals surface area contributed by atoms with Crippen molar-refractivity contribution in [3.63, 3.8) is 0 Å². The van der Waals surface area contributed by atoms with Crippen LogP contribution in [0, 0.1) is 0 Å². The predicted octanol–water partition coefficient (Wildman–Crippen LogP) is 3.84. The van der Waals surface area contributed by atoms with Crippen LogP contribution in [-0.2, 0) is 7.05 Å². The van der Waals surface area contributed by atoms with Crippen molar-refractivity contribution in [1.82, 2.24) is 0 Å².